The van der Waals surface area contributed by atoms with Crippen LogP contribution in [0.5, 0.6) is 0 Å². The van der Waals surface area contributed by atoms with Crippen LogP contribution in [0.15, 0.2) is 54.1 Å². The number of allylic oxidation sites excluding steroid dienone is 2. The Hall–Kier alpha value is -2.56. The van der Waals surface area contributed by atoms with Crippen LogP contribution in [0.2, 0.25) is 0 Å². The maximum absolute atomic E-state index is 11.7. The van der Waals surface area contributed by atoms with Crippen LogP contribution in [-0.4, -0.2) is 30.8 Å². The minimum atomic E-state index is -0.599. The second-order valence-electron chi connectivity index (χ2n) is 5.73. The van der Waals surface area contributed by atoms with Crippen molar-refractivity contribution in [1.82, 2.24) is 5.32 Å². The number of amides is 1. The minimum Gasteiger partial charge on any atom is -0.458 e. The highest BCUT2D eigenvalue weighted by molar-refractivity contribution is 5.86. The summed E-state index contributed by atoms with van der Waals surface area (Å²) in [5.41, 5.74) is 2.23. The van der Waals surface area contributed by atoms with E-state index in [4.69, 9.17) is 9.47 Å². The fourth-order valence-electron chi connectivity index (χ4n) is 2.66. The highest BCUT2D eigenvalue weighted by Gasteiger charge is 2.40. The fourth-order valence-corrected chi connectivity index (χ4v) is 2.66. The number of ether oxygens (including phenoxy) is 2. The molecule has 23 heavy (non-hydrogen) atoms. The number of hydrogen-bond donors (Lipinski definition) is 1. The molecule has 1 fully saturated rings. The van der Waals surface area contributed by atoms with Gasteiger partial charge in [-0.05, 0) is 24.5 Å². The lowest BCUT2D eigenvalue weighted by molar-refractivity contribution is -0.174. The lowest BCUT2D eigenvalue weighted by atomic mass is 9.90. The number of carbonyl (C=O) groups is 2. The number of cyclic esters (lactones) is 1. The highest BCUT2D eigenvalue weighted by atomic mass is 16.6. The van der Waals surface area contributed by atoms with Crippen LogP contribution in [0.3, 0.4) is 0 Å². The molecule has 1 unspecified atom stereocenters. The van der Waals surface area contributed by atoms with Crippen molar-refractivity contribution in [3.63, 3.8) is 0 Å². The van der Waals surface area contributed by atoms with Crippen molar-refractivity contribution >= 4 is 12.1 Å². The van der Waals surface area contributed by atoms with E-state index in [1.807, 2.05) is 24.3 Å². The van der Waals surface area contributed by atoms with Crippen LogP contribution < -0.4 is 5.32 Å². The lowest BCUT2D eigenvalue weighted by Crippen LogP contribution is -2.58. The summed E-state index contributed by atoms with van der Waals surface area (Å²) < 4.78 is 9.92. The molecular weight excluding hydrogens is 294 g/mol. The van der Waals surface area contributed by atoms with Crippen molar-refractivity contribution in [2.45, 2.75) is 31.4 Å². The summed E-state index contributed by atoms with van der Waals surface area (Å²) >= 11 is 0. The SMILES string of the molecule is C[C@@H]1OC(=O)[C@@H]1NC(=O)OCC1=CCC(c2ccccc2)C=C1. The molecule has 2 aliphatic rings. The molecule has 1 aliphatic heterocycles. The molecule has 1 aliphatic carbocycles. The molecule has 120 valence electrons. The number of benzene rings is 1. The average Bonchev–Trinajstić information content (AvgIpc) is 2.59. The Balaban J connectivity index is 1.45. The molecule has 1 aromatic rings. The van der Waals surface area contributed by atoms with Gasteiger partial charge in [0.2, 0.25) is 0 Å². The quantitative estimate of drug-likeness (QED) is 0.868. The highest BCUT2D eigenvalue weighted by Crippen LogP contribution is 2.26. The summed E-state index contributed by atoms with van der Waals surface area (Å²) in [7, 11) is 0. The first-order chi connectivity index (χ1) is 11.1. The van der Waals surface area contributed by atoms with Gasteiger partial charge in [0, 0.05) is 5.92 Å². The largest absolute Gasteiger partial charge is 0.458 e. The van der Waals surface area contributed by atoms with Gasteiger partial charge in [0.1, 0.15) is 12.7 Å². The first-order valence-corrected chi connectivity index (χ1v) is 7.69. The first kappa shape index (κ1) is 15.3. The Morgan fingerprint density at radius 3 is 2.74 bits per heavy atom. The predicted molar refractivity (Wildman–Crippen MR) is 84.8 cm³/mol. The summed E-state index contributed by atoms with van der Waals surface area (Å²) in [6.45, 7) is 1.92. The Kier molecular flexibility index (Phi) is 4.46. The number of carbonyl (C=O) groups excluding carboxylic acids is 2. The van der Waals surface area contributed by atoms with Gasteiger partial charge in [0.25, 0.3) is 0 Å². The molecule has 0 saturated carbocycles. The van der Waals surface area contributed by atoms with Gasteiger partial charge < -0.3 is 14.8 Å². The van der Waals surface area contributed by atoms with Crippen LogP contribution in [0, 0.1) is 0 Å². The number of hydrogen-bond acceptors (Lipinski definition) is 4. The molecule has 1 heterocycles. The van der Waals surface area contributed by atoms with E-state index < -0.39 is 18.1 Å². The normalized spacial score (nSPS) is 25.9. The van der Waals surface area contributed by atoms with Crippen LogP contribution in [-0.2, 0) is 14.3 Å². The van der Waals surface area contributed by atoms with Gasteiger partial charge in [0.15, 0.2) is 6.04 Å². The number of alkyl carbamates (subject to hydrolysis) is 1. The zero-order valence-corrected chi connectivity index (χ0v) is 12.9. The molecule has 1 amide bonds. The van der Waals surface area contributed by atoms with Gasteiger partial charge in [-0.3, -0.25) is 0 Å². The third-order valence-electron chi connectivity index (χ3n) is 4.07. The van der Waals surface area contributed by atoms with Gasteiger partial charge in [-0.15, -0.1) is 0 Å². The third kappa shape index (κ3) is 3.62. The predicted octanol–water partition coefficient (Wildman–Crippen LogP) is 2.70. The molecule has 5 nitrogen and oxygen atoms in total. The van der Waals surface area contributed by atoms with E-state index in [2.05, 4.69) is 29.6 Å². The lowest BCUT2D eigenvalue weighted by Gasteiger charge is -2.32. The van der Waals surface area contributed by atoms with Gasteiger partial charge in [-0.1, -0.05) is 48.6 Å². The van der Waals surface area contributed by atoms with E-state index in [1.54, 1.807) is 6.92 Å². The summed E-state index contributed by atoms with van der Waals surface area (Å²) in [5.74, 6) is -0.0590. The molecule has 1 saturated heterocycles. The molecule has 0 bridgehead atoms. The summed E-state index contributed by atoms with van der Waals surface area (Å²) in [6.07, 6.45) is 6.16. The van der Waals surface area contributed by atoms with Crippen molar-refractivity contribution in [1.29, 1.82) is 0 Å². The molecule has 0 spiro atoms. The first-order valence-electron chi connectivity index (χ1n) is 7.69. The van der Waals surface area contributed by atoms with Gasteiger partial charge in [0.05, 0.1) is 0 Å². The molecule has 3 atom stereocenters. The summed E-state index contributed by atoms with van der Waals surface area (Å²) in [5, 5.41) is 2.50. The smallest absolute Gasteiger partial charge is 0.408 e. The molecule has 0 radical (unpaired) electrons. The third-order valence-corrected chi connectivity index (χ3v) is 4.07. The molecule has 5 heteroatoms. The van der Waals surface area contributed by atoms with E-state index in [1.165, 1.54) is 5.56 Å². The van der Waals surface area contributed by atoms with Gasteiger partial charge >= 0.3 is 12.1 Å². The van der Waals surface area contributed by atoms with Crippen molar-refractivity contribution in [3.05, 3.63) is 59.7 Å². The number of nitrogens with one attached hydrogen (secondary N) is 1. The Morgan fingerprint density at radius 2 is 2.13 bits per heavy atom. The second-order valence-corrected chi connectivity index (χ2v) is 5.73. The zero-order chi connectivity index (χ0) is 16.2. The van der Waals surface area contributed by atoms with Crippen LogP contribution in [0.1, 0.15) is 24.8 Å². The topological polar surface area (TPSA) is 64.6 Å². The standard InChI is InChI=1S/C18H19NO4/c1-12-16(17(20)23-12)19-18(21)22-11-13-7-9-15(10-8-13)14-5-3-2-4-6-14/h2-9,12,15-16H,10-11H2,1H3,(H,19,21)/t12-,15?,16+/m0/s1. The number of rotatable bonds is 4. The molecular formula is C18H19NO4. The van der Waals surface area contributed by atoms with E-state index in [0.29, 0.717) is 5.92 Å². The van der Waals surface area contributed by atoms with Gasteiger partial charge in [-0.2, -0.15) is 0 Å². The molecule has 1 N–H and O–H groups in total. The minimum absolute atomic E-state index is 0.194. The van der Waals surface area contributed by atoms with Gasteiger partial charge in [-0.25, -0.2) is 9.59 Å². The average molecular weight is 313 g/mol. The van der Waals surface area contributed by atoms with Crippen molar-refractivity contribution in [2.75, 3.05) is 6.61 Å². The molecule has 1 aromatic carbocycles. The van der Waals surface area contributed by atoms with Crippen LogP contribution in [0.25, 0.3) is 0 Å². The maximum atomic E-state index is 11.7. The Morgan fingerprint density at radius 1 is 1.35 bits per heavy atom. The zero-order valence-electron chi connectivity index (χ0n) is 12.9. The van der Waals surface area contributed by atoms with Crippen molar-refractivity contribution in [3.8, 4) is 0 Å². The van der Waals surface area contributed by atoms with E-state index >= 15 is 0 Å². The fraction of sp³-hybridized carbons (Fsp3) is 0.333. The van der Waals surface area contributed by atoms with E-state index in [-0.39, 0.29) is 12.7 Å². The second kappa shape index (κ2) is 6.69. The Bertz CT molecular complexity index is 650. The van der Waals surface area contributed by atoms with E-state index in [9.17, 15) is 9.59 Å². The van der Waals surface area contributed by atoms with Crippen LogP contribution >= 0.6 is 0 Å². The number of esters is 1. The van der Waals surface area contributed by atoms with Crippen molar-refractivity contribution < 1.29 is 19.1 Å². The van der Waals surface area contributed by atoms with E-state index in [0.717, 1.165) is 12.0 Å². The summed E-state index contributed by atoms with van der Waals surface area (Å²) in [4.78, 5) is 22.8. The van der Waals surface area contributed by atoms with Crippen molar-refractivity contribution in [2.24, 2.45) is 0 Å². The van der Waals surface area contributed by atoms with Crippen LogP contribution in [0.4, 0.5) is 4.79 Å². The molecule has 0 aromatic heterocycles. The Labute approximate surface area is 135 Å². The summed E-state index contributed by atoms with van der Waals surface area (Å²) in [6, 6.07) is 9.68. The monoisotopic (exact) mass is 313 g/mol. The molecule has 3 rings (SSSR count). The maximum Gasteiger partial charge on any atom is 0.408 e.